The summed E-state index contributed by atoms with van der Waals surface area (Å²) in [7, 11) is 1.54. The van der Waals surface area contributed by atoms with Gasteiger partial charge in [0.1, 0.15) is 15.7 Å². The van der Waals surface area contributed by atoms with Crippen molar-refractivity contribution in [2.24, 2.45) is 0 Å². The Morgan fingerprint density at radius 3 is 2.71 bits per heavy atom. The van der Waals surface area contributed by atoms with Gasteiger partial charge >= 0.3 is 0 Å². The number of hydrogen-bond acceptors (Lipinski definition) is 4. The van der Waals surface area contributed by atoms with E-state index >= 15 is 0 Å². The van der Waals surface area contributed by atoms with E-state index in [0.717, 1.165) is 21.4 Å². The highest BCUT2D eigenvalue weighted by molar-refractivity contribution is 9.10. The first-order chi connectivity index (χ1) is 13.3. The average molecular weight is 462 g/mol. The quantitative estimate of drug-likeness (QED) is 0.597. The summed E-state index contributed by atoms with van der Waals surface area (Å²) in [6.45, 7) is 1.78. The monoisotopic (exact) mass is 461 g/mol. The Morgan fingerprint density at radius 1 is 1.25 bits per heavy atom. The second kappa shape index (κ2) is 8.62. The molecule has 5 nitrogen and oxygen atoms in total. The van der Waals surface area contributed by atoms with Crippen LogP contribution in [0.2, 0.25) is 0 Å². The number of nitrogens with zero attached hydrogens (tertiary/aromatic N) is 2. The van der Waals surface area contributed by atoms with Crippen LogP contribution in [-0.4, -0.2) is 35.3 Å². The van der Waals surface area contributed by atoms with Gasteiger partial charge < -0.3 is 10.2 Å². The molecular weight excluding hydrogens is 445 g/mol. The van der Waals surface area contributed by atoms with Gasteiger partial charge in [-0.3, -0.25) is 9.59 Å². The Bertz CT molecular complexity index is 1040. The SMILES string of the molecule is Cc1cc(Br)ccc1NC(=O)CN(C)C(=O)c1cnc(-c2ccccc2F)s1. The lowest BCUT2D eigenvalue weighted by Crippen LogP contribution is -2.34. The highest BCUT2D eigenvalue weighted by Gasteiger charge is 2.19. The number of aromatic nitrogens is 1. The van der Waals surface area contributed by atoms with E-state index in [1.807, 2.05) is 19.1 Å². The molecule has 2 aromatic carbocycles. The molecule has 28 heavy (non-hydrogen) atoms. The van der Waals surface area contributed by atoms with Crippen molar-refractivity contribution in [3.63, 3.8) is 0 Å². The lowest BCUT2D eigenvalue weighted by Gasteiger charge is -2.16. The van der Waals surface area contributed by atoms with Crippen molar-refractivity contribution in [3.05, 3.63) is 69.4 Å². The van der Waals surface area contributed by atoms with Crippen LogP contribution >= 0.6 is 27.3 Å². The minimum Gasteiger partial charge on any atom is -0.332 e. The Labute approximate surface area is 174 Å². The van der Waals surface area contributed by atoms with Crippen molar-refractivity contribution in [1.29, 1.82) is 0 Å². The maximum atomic E-state index is 13.9. The molecule has 0 unspecified atom stereocenters. The molecule has 0 saturated heterocycles. The van der Waals surface area contributed by atoms with Crippen molar-refractivity contribution in [1.82, 2.24) is 9.88 Å². The number of hydrogen-bond donors (Lipinski definition) is 1. The Kier molecular flexibility index (Phi) is 6.21. The molecule has 1 aromatic heterocycles. The average Bonchev–Trinajstić information content (AvgIpc) is 3.13. The molecule has 0 aliphatic rings. The normalized spacial score (nSPS) is 10.6. The fourth-order valence-electron chi connectivity index (χ4n) is 2.56. The molecule has 0 aliphatic heterocycles. The zero-order chi connectivity index (χ0) is 20.3. The van der Waals surface area contributed by atoms with Crippen LogP contribution in [0.1, 0.15) is 15.2 Å². The van der Waals surface area contributed by atoms with Gasteiger partial charge in [-0.25, -0.2) is 9.37 Å². The molecule has 3 rings (SSSR count). The zero-order valence-electron chi connectivity index (χ0n) is 15.2. The highest BCUT2D eigenvalue weighted by Crippen LogP contribution is 2.28. The predicted octanol–water partition coefficient (Wildman–Crippen LogP) is 4.73. The third-order valence-electron chi connectivity index (χ3n) is 4.01. The summed E-state index contributed by atoms with van der Waals surface area (Å²) in [6.07, 6.45) is 1.40. The van der Waals surface area contributed by atoms with Crippen molar-refractivity contribution >= 4 is 44.8 Å². The third-order valence-corrected chi connectivity index (χ3v) is 5.52. The van der Waals surface area contributed by atoms with Crippen LogP contribution in [0.4, 0.5) is 10.1 Å². The standard InChI is InChI=1S/C20H17BrFN3O2S/c1-12-9-13(21)7-8-16(12)24-18(26)11-25(2)20(27)17-10-23-19(28-17)14-5-3-4-6-15(14)22/h3-10H,11H2,1-2H3,(H,24,26). The fraction of sp³-hybridized carbons (Fsp3) is 0.150. The van der Waals surface area contributed by atoms with Crippen molar-refractivity contribution in [2.75, 3.05) is 18.9 Å². The third kappa shape index (κ3) is 4.63. The second-order valence-corrected chi connectivity index (χ2v) is 8.12. The first-order valence-electron chi connectivity index (χ1n) is 8.37. The number of benzene rings is 2. The first kappa shape index (κ1) is 20.2. The van der Waals surface area contributed by atoms with E-state index in [0.29, 0.717) is 21.1 Å². The highest BCUT2D eigenvalue weighted by atomic mass is 79.9. The summed E-state index contributed by atoms with van der Waals surface area (Å²) in [4.78, 5) is 30.7. The van der Waals surface area contributed by atoms with E-state index in [-0.39, 0.29) is 18.4 Å². The molecule has 8 heteroatoms. The molecule has 1 heterocycles. The number of halogens is 2. The summed E-state index contributed by atoms with van der Waals surface area (Å²) < 4.78 is 14.8. The molecule has 144 valence electrons. The minimum absolute atomic E-state index is 0.110. The lowest BCUT2D eigenvalue weighted by atomic mass is 10.2. The van der Waals surface area contributed by atoms with Crippen molar-refractivity contribution < 1.29 is 14.0 Å². The van der Waals surface area contributed by atoms with Gasteiger partial charge in [-0.05, 0) is 42.8 Å². The molecule has 3 aromatic rings. The zero-order valence-corrected chi connectivity index (χ0v) is 17.6. The number of carbonyl (C=O) groups excluding carboxylic acids is 2. The van der Waals surface area contributed by atoms with Crippen LogP contribution in [0.5, 0.6) is 0 Å². The summed E-state index contributed by atoms with van der Waals surface area (Å²) >= 11 is 4.47. The maximum Gasteiger partial charge on any atom is 0.265 e. The molecule has 0 fully saturated rings. The number of nitrogens with one attached hydrogen (secondary N) is 1. The second-order valence-electron chi connectivity index (χ2n) is 6.18. The van der Waals surface area contributed by atoms with E-state index in [1.165, 1.54) is 17.2 Å². The van der Waals surface area contributed by atoms with Crippen LogP contribution in [0, 0.1) is 12.7 Å². The molecule has 0 bridgehead atoms. The van der Waals surface area contributed by atoms with Gasteiger partial charge in [-0.2, -0.15) is 0 Å². The van der Waals surface area contributed by atoms with Crippen LogP contribution in [0.15, 0.2) is 53.1 Å². The van der Waals surface area contributed by atoms with Crippen LogP contribution in [-0.2, 0) is 4.79 Å². The van der Waals surface area contributed by atoms with Gasteiger partial charge in [-0.1, -0.05) is 28.1 Å². The van der Waals surface area contributed by atoms with Crippen LogP contribution in [0.25, 0.3) is 10.6 Å². The Balaban J connectivity index is 1.66. The fourth-order valence-corrected chi connectivity index (χ4v) is 3.98. The lowest BCUT2D eigenvalue weighted by molar-refractivity contribution is -0.116. The molecule has 0 saturated carbocycles. The van der Waals surface area contributed by atoms with Gasteiger partial charge in [0.2, 0.25) is 5.91 Å². The maximum absolute atomic E-state index is 13.9. The smallest absolute Gasteiger partial charge is 0.265 e. The summed E-state index contributed by atoms with van der Waals surface area (Å²) in [6, 6.07) is 11.8. The van der Waals surface area contributed by atoms with E-state index < -0.39 is 5.82 Å². The van der Waals surface area contributed by atoms with Gasteiger partial charge in [0.05, 0.1) is 12.7 Å². The van der Waals surface area contributed by atoms with Gasteiger partial charge in [0, 0.05) is 22.8 Å². The minimum atomic E-state index is -0.395. The van der Waals surface area contributed by atoms with Crippen LogP contribution < -0.4 is 5.32 Å². The molecule has 1 N–H and O–H groups in total. The number of rotatable bonds is 5. The summed E-state index contributed by atoms with van der Waals surface area (Å²) in [5.74, 6) is -1.05. The predicted molar refractivity (Wildman–Crippen MR) is 112 cm³/mol. The van der Waals surface area contributed by atoms with Crippen molar-refractivity contribution in [3.8, 4) is 10.6 Å². The van der Waals surface area contributed by atoms with E-state index in [9.17, 15) is 14.0 Å². The number of likely N-dealkylation sites (N-methyl/N-ethyl adjacent to an activating group) is 1. The molecule has 0 atom stereocenters. The van der Waals surface area contributed by atoms with Crippen LogP contribution in [0.3, 0.4) is 0 Å². The van der Waals surface area contributed by atoms with E-state index in [1.54, 1.807) is 31.3 Å². The molecular formula is C20H17BrFN3O2S. The largest absolute Gasteiger partial charge is 0.332 e. The molecule has 0 radical (unpaired) electrons. The number of amides is 2. The number of thiazole rings is 1. The molecule has 2 amide bonds. The molecule has 0 spiro atoms. The summed E-state index contributed by atoms with van der Waals surface area (Å²) in [5.41, 5.74) is 1.94. The summed E-state index contributed by atoms with van der Waals surface area (Å²) in [5, 5.41) is 3.22. The first-order valence-corrected chi connectivity index (χ1v) is 9.98. The van der Waals surface area contributed by atoms with E-state index in [4.69, 9.17) is 0 Å². The number of anilines is 1. The topological polar surface area (TPSA) is 62.3 Å². The van der Waals surface area contributed by atoms with E-state index in [2.05, 4.69) is 26.2 Å². The van der Waals surface area contributed by atoms with Gasteiger partial charge in [0.15, 0.2) is 0 Å². The Morgan fingerprint density at radius 2 is 2.00 bits per heavy atom. The Hall–Kier alpha value is -2.58. The number of aryl methyl sites for hydroxylation is 1. The van der Waals surface area contributed by atoms with Crippen molar-refractivity contribution in [2.45, 2.75) is 6.92 Å². The molecule has 0 aliphatic carbocycles. The van der Waals surface area contributed by atoms with Gasteiger partial charge in [0.25, 0.3) is 5.91 Å². The van der Waals surface area contributed by atoms with Gasteiger partial charge in [-0.15, -0.1) is 11.3 Å². The number of carbonyl (C=O) groups is 2.